The molecule has 162 valence electrons. The molecule has 0 aromatic heterocycles. The molecule has 1 saturated heterocycles. The highest BCUT2D eigenvalue weighted by molar-refractivity contribution is 6.45. The van der Waals surface area contributed by atoms with Gasteiger partial charge in [-0.1, -0.05) is 38.1 Å². The minimum atomic E-state index is -0.600. The maximum atomic E-state index is 14.6. The van der Waals surface area contributed by atoms with Gasteiger partial charge in [0, 0.05) is 13.1 Å². The van der Waals surface area contributed by atoms with Gasteiger partial charge in [-0.25, -0.2) is 9.29 Å². The zero-order chi connectivity index (χ0) is 22.1. The lowest BCUT2D eigenvalue weighted by molar-refractivity contribution is -0.121. The number of piperidine rings is 1. The Balaban J connectivity index is 1.82. The molecule has 0 aliphatic carbocycles. The zero-order valence-electron chi connectivity index (χ0n) is 18.1. The minimum Gasteiger partial charge on any atom is -0.494 e. The summed E-state index contributed by atoms with van der Waals surface area (Å²) >= 11 is 0. The Morgan fingerprint density at radius 2 is 1.61 bits per heavy atom. The summed E-state index contributed by atoms with van der Waals surface area (Å²) in [7, 11) is 0. The van der Waals surface area contributed by atoms with Gasteiger partial charge in [-0.05, 0) is 55.0 Å². The van der Waals surface area contributed by atoms with Crippen molar-refractivity contribution in [3.8, 4) is 5.75 Å². The second kappa shape index (κ2) is 8.53. The fourth-order valence-electron chi connectivity index (χ4n) is 4.65. The number of halogens is 1. The molecular formula is C25H27FN2O3. The van der Waals surface area contributed by atoms with Crippen molar-refractivity contribution in [2.45, 2.75) is 27.2 Å². The van der Waals surface area contributed by atoms with Crippen molar-refractivity contribution < 1.29 is 18.7 Å². The van der Waals surface area contributed by atoms with Gasteiger partial charge < -0.3 is 9.64 Å². The molecule has 2 atom stereocenters. The van der Waals surface area contributed by atoms with Crippen molar-refractivity contribution in [3.63, 3.8) is 0 Å². The zero-order valence-corrected chi connectivity index (χ0v) is 18.1. The number of carbonyl (C=O) groups is 2. The van der Waals surface area contributed by atoms with Crippen LogP contribution in [-0.4, -0.2) is 36.4 Å². The van der Waals surface area contributed by atoms with E-state index in [0.29, 0.717) is 54.1 Å². The Morgan fingerprint density at radius 3 is 2.23 bits per heavy atom. The van der Waals surface area contributed by atoms with Gasteiger partial charge in [-0.15, -0.1) is 0 Å². The number of ether oxygens (including phenoxy) is 1. The summed E-state index contributed by atoms with van der Waals surface area (Å²) in [6, 6.07) is 13.0. The SMILES string of the molecule is CCOc1ccc(C2=C(N3CC(C)CC(C)C3)C(=O)N(c3ccccc3F)C2=O)cc1. The number of amides is 2. The van der Waals surface area contributed by atoms with Crippen LogP contribution in [0, 0.1) is 17.7 Å². The van der Waals surface area contributed by atoms with E-state index in [0.717, 1.165) is 11.3 Å². The highest BCUT2D eigenvalue weighted by Gasteiger charge is 2.44. The van der Waals surface area contributed by atoms with Crippen LogP contribution in [0.25, 0.3) is 5.57 Å². The molecule has 2 heterocycles. The van der Waals surface area contributed by atoms with E-state index in [-0.39, 0.29) is 5.69 Å². The number of rotatable bonds is 5. The van der Waals surface area contributed by atoms with Crippen molar-refractivity contribution in [1.82, 2.24) is 4.90 Å². The number of hydrogen-bond acceptors (Lipinski definition) is 4. The van der Waals surface area contributed by atoms with Gasteiger partial charge in [-0.3, -0.25) is 9.59 Å². The summed E-state index contributed by atoms with van der Waals surface area (Å²) in [5, 5.41) is 0. The molecule has 2 aromatic rings. The number of hydrogen-bond donors (Lipinski definition) is 0. The van der Waals surface area contributed by atoms with Gasteiger partial charge in [0.05, 0.1) is 17.9 Å². The third-order valence-corrected chi connectivity index (χ3v) is 5.79. The van der Waals surface area contributed by atoms with Crippen LogP contribution < -0.4 is 9.64 Å². The number of nitrogens with zero attached hydrogens (tertiary/aromatic N) is 2. The van der Waals surface area contributed by atoms with Crippen LogP contribution in [0.5, 0.6) is 5.75 Å². The predicted molar refractivity (Wildman–Crippen MR) is 118 cm³/mol. The Bertz CT molecular complexity index is 1020. The first kappa shape index (κ1) is 21.1. The summed E-state index contributed by atoms with van der Waals surface area (Å²) < 4.78 is 20.1. The van der Waals surface area contributed by atoms with Crippen LogP contribution in [0.3, 0.4) is 0 Å². The molecule has 2 unspecified atom stereocenters. The first-order valence-corrected chi connectivity index (χ1v) is 10.8. The van der Waals surface area contributed by atoms with Crippen molar-refractivity contribution in [2.24, 2.45) is 11.8 Å². The molecule has 2 aliphatic heterocycles. The van der Waals surface area contributed by atoms with Gasteiger partial charge >= 0.3 is 0 Å². The molecule has 4 rings (SSSR count). The minimum absolute atomic E-state index is 0.0194. The first-order valence-electron chi connectivity index (χ1n) is 10.8. The summed E-state index contributed by atoms with van der Waals surface area (Å²) in [6.07, 6.45) is 1.07. The molecule has 2 aliphatic rings. The van der Waals surface area contributed by atoms with E-state index in [4.69, 9.17) is 4.74 Å². The lowest BCUT2D eigenvalue weighted by Crippen LogP contribution is -2.42. The second-order valence-electron chi connectivity index (χ2n) is 8.43. The Morgan fingerprint density at radius 1 is 0.968 bits per heavy atom. The number of para-hydroxylation sites is 1. The maximum Gasteiger partial charge on any atom is 0.282 e. The largest absolute Gasteiger partial charge is 0.494 e. The van der Waals surface area contributed by atoms with Crippen molar-refractivity contribution >= 4 is 23.1 Å². The molecule has 5 nitrogen and oxygen atoms in total. The van der Waals surface area contributed by atoms with Gasteiger partial charge in [-0.2, -0.15) is 0 Å². The van der Waals surface area contributed by atoms with E-state index in [1.165, 1.54) is 12.1 Å². The lowest BCUT2D eigenvalue weighted by atomic mass is 9.91. The lowest BCUT2D eigenvalue weighted by Gasteiger charge is -2.37. The molecule has 0 radical (unpaired) electrons. The van der Waals surface area contributed by atoms with Crippen LogP contribution in [0.4, 0.5) is 10.1 Å². The molecule has 0 saturated carbocycles. The van der Waals surface area contributed by atoms with Crippen LogP contribution >= 0.6 is 0 Å². The highest BCUT2D eigenvalue weighted by Crippen LogP contribution is 2.38. The van der Waals surface area contributed by atoms with E-state index < -0.39 is 17.6 Å². The predicted octanol–water partition coefficient (Wildman–Crippen LogP) is 4.49. The first-order chi connectivity index (χ1) is 14.9. The fourth-order valence-corrected chi connectivity index (χ4v) is 4.65. The normalized spacial score (nSPS) is 21.8. The van der Waals surface area contributed by atoms with Gasteiger partial charge in [0.2, 0.25) is 0 Å². The van der Waals surface area contributed by atoms with Crippen LogP contribution in [0.2, 0.25) is 0 Å². The number of carbonyl (C=O) groups excluding carboxylic acids is 2. The molecule has 2 aromatic carbocycles. The van der Waals surface area contributed by atoms with Gasteiger partial charge in [0.25, 0.3) is 11.8 Å². The third kappa shape index (κ3) is 3.94. The number of imide groups is 1. The molecule has 0 spiro atoms. The average molecular weight is 423 g/mol. The monoisotopic (exact) mass is 422 g/mol. The van der Waals surface area contributed by atoms with E-state index in [9.17, 15) is 14.0 Å². The topological polar surface area (TPSA) is 49.9 Å². The molecule has 0 N–H and O–H groups in total. The van der Waals surface area contributed by atoms with Crippen LogP contribution in [0.1, 0.15) is 32.8 Å². The van der Waals surface area contributed by atoms with Gasteiger partial charge in [0.1, 0.15) is 17.3 Å². The van der Waals surface area contributed by atoms with Crippen LogP contribution in [-0.2, 0) is 9.59 Å². The third-order valence-electron chi connectivity index (χ3n) is 5.79. The summed E-state index contributed by atoms with van der Waals surface area (Å²) in [5.41, 5.74) is 1.28. The molecule has 6 heteroatoms. The quantitative estimate of drug-likeness (QED) is 0.667. The van der Waals surface area contributed by atoms with E-state index in [1.54, 1.807) is 36.4 Å². The molecule has 31 heavy (non-hydrogen) atoms. The number of likely N-dealkylation sites (tertiary alicyclic amines) is 1. The second-order valence-corrected chi connectivity index (χ2v) is 8.43. The number of benzene rings is 2. The van der Waals surface area contributed by atoms with E-state index in [1.807, 2.05) is 11.8 Å². The van der Waals surface area contributed by atoms with E-state index >= 15 is 0 Å². The summed E-state index contributed by atoms with van der Waals surface area (Å²) in [6.45, 7) is 8.11. The van der Waals surface area contributed by atoms with Crippen molar-refractivity contribution in [1.29, 1.82) is 0 Å². The number of anilines is 1. The fraction of sp³-hybridized carbons (Fsp3) is 0.360. The van der Waals surface area contributed by atoms with Crippen molar-refractivity contribution in [2.75, 3.05) is 24.6 Å². The van der Waals surface area contributed by atoms with Crippen molar-refractivity contribution in [3.05, 3.63) is 65.6 Å². The Kier molecular flexibility index (Phi) is 5.81. The molecule has 1 fully saturated rings. The van der Waals surface area contributed by atoms with E-state index in [2.05, 4.69) is 13.8 Å². The standard InChI is InChI=1S/C25H27FN2O3/c1-4-31-19-11-9-18(10-12-19)22-23(27-14-16(2)13-17(3)15-27)25(30)28(24(22)29)21-8-6-5-7-20(21)26/h5-12,16-17H,4,13-15H2,1-3H3. The smallest absolute Gasteiger partial charge is 0.282 e. The Labute approximate surface area is 182 Å². The maximum absolute atomic E-state index is 14.6. The van der Waals surface area contributed by atoms with Crippen LogP contribution in [0.15, 0.2) is 54.2 Å². The molecule has 2 amide bonds. The summed E-state index contributed by atoms with van der Waals surface area (Å²) in [5.74, 6) is -0.0971. The molecule has 0 bridgehead atoms. The Hall–Kier alpha value is -3.15. The molecular weight excluding hydrogens is 395 g/mol. The highest BCUT2D eigenvalue weighted by atomic mass is 19.1. The van der Waals surface area contributed by atoms with Gasteiger partial charge in [0.15, 0.2) is 0 Å². The summed E-state index contributed by atoms with van der Waals surface area (Å²) in [4.78, 5) is 30.0. The average Bonchev–Trinajstić information content (AvgIpc) is 2.99.